The van der Waals surface area contributed by atoms with Crippen LogP contribution in [0.25, 0.3) is 0 Å². The van der Waals surface area contributed by atoms with Crippen LogP contribution in [0.4, 0.5) is 0 Å². The van der Waals surface area contributed by atoms with Gasteiger partial charge in [0.25, 0.3) is 0 Å². The molecule has 21 heavy (non-hydrogen) atoms. The molecule has 0 radical (unpaired) electrons. The summed E-state index contributed by atoms with van der Waals surface area (Å²) in [5, 5.41) is 3.28. The van der Waals surface area contributed by atoms with Gasteiger partial charge in [0, 0.05) is 13.2 Å². The molecule has 2 fully saturated rings. The number of rotatable bonds is 4. The standard InChI is InChI=1S/C16H22N2O3/c1-20-13-7-5-12(6-8-13)16-17-10-15(19)18(16)11-14-4-2-3-9-21-14/h5-8,14,16-17H,2-4,9-11H2,1H3. The second-order valence-corrected chi connectivity index (χ2v) is 5.59. The van der Waals surface area contributed by atoms with Gasteiger partial charge in [-0.3, -0.25) is 10.1 Å². The summed E-state index contributed by atoms with van der Waals surface area (Å²) in [4.78, 5) is 14.0. The molecule has 3 rings (SSSR count). The van der Waals surface area contributed by atoms with Gasteiger partial charge in [-0.15, -0.1) is 0 Å². The Labute approximate surface area is 125 Å². The number of benzene rings is 1. The zero-order valence-electron chi connectivity index (χ0n) is 12.4. The highest BCUT2D eigenvalue weighted by molar-refractivity contribution is 5.81. The van der Waals surface area contributed by atoms with Crippen LogP contribution in [0.1, 0.15) is 31.0 Å². The lowest BCUT2D eigenvalue weighted by atomic mass is 10.1. The second-order valence-electron chi connectivity index (χ2n) is 5.59. The molecule has 2 aliphatic heterocycles. The van der Waals surface area contributed by atoms with Crippen molar-refractivity contribution in [2.45, 2.75) is 31.5 Å². The van der Waals surface area contributed by atoms with Gasteiger partial charge in [0.05, 0.1) is 19.8 Å². The molecule has 5 heteroatoms. The maximum atomic E-state index is 12.1. The van der Waals surface area contributed by atoms with Crippen LogP contribution in [0, 0.1) is 0 Å². The first kappa shape index (κ1) is 14.4. The molecule has 5 nitrogen and oxygen atoms in total. The highest BCUT2D eigenvalue weighted by Gasteiger charge is 2.33. The van der Waals surface area contributed by atoms with Gasteiger partial charge in [-0.2, -0.15) is 0 Å². The van der Waals surface area contributed by atoms with E-state index in [1.165, 1.54) is 6.42 Å². The monoisotopic (exact) mass is 290 g/mol. The zero-order chi connectivity index (χ0) is 14.7. The maximum absolute atomic E-state index is 12.1. The fraction of sp³-hybridized carbons (Fsp3) is 0.562. The average Bonchev–Trinajstić information content (AvgIpc) is 2.90. The molecule has 1 aromatic rings. The summed E-state index contributed by atoms with van der Waals surface area (Å²) in [6.45, 7) is 1.87. The van der Waals surface area contributed by atoms with E-state index in [4.69, 9.17) is 9.47 Å². The van der Waals surface area contributed by atoms with E-state index >= 15 is 0 Å². The molecule has 0 saturated carbocycles. The van der Waals surface area contributed by atoms with Gasteiger partial charge in [-0.1, -0.05) is 12.1 Å². The van der Waals surface area contributed by atoms with Crippen molar-refractivity contribution in [2.75, 3.05) is 26.8 Å². The fourth-order valence-electron chi connectivity index (χ4n) is 3.00. The molecule has 2 aliphatic rings. The first-order valence-electron chi connectivity index (χ1n) is 7.56. The summed E-state index contributed by atoms with van der Waals surface area (Å²) in [6.07, 6.45) is 3.47. The highest BCUT2D eigenvalue weighted by atomic mass is 16.5. The van der Waals surface area contributed by atoms with Crippen LogP contribution >= 0.6 is 0 Å². The predicted octanol–water partition coefficient (Wildman–Crippen LogP) is 1.69. The van der Waals surface area contributed by atoms with Gasteiger partial charge in [0.15, 0.2) is 0 Å². The van der Waals surface area contributed by atoms with Crippen LogP contribution in [0.15, 0.2) is 24.3 Å². The van der Waals surface area contributed by atoms with Crippen LogP contribution in [-0.4, -0.2) is 43.7 Å². The Morgan fingerprint density at radius 1 is 1.33 bits per heavy atom. The molecular formula is C16H22N2O3. The van der Waals surface area contributed by atoms with Gasteiger partial charge in [0.2, 0.25) is 5.91 Å². The summed E-state index contributed by atoms with van der Waals surface area (Å²) in [6, 6.07) is 7.86. The minimum Gasteiger partial charge on any atom is -0.497 e. The molecular weight excluding hydrogens is 268 g/mol. The van der Waals surface area contributed by atoms with Gasteiger partial charge in [-0.25, -0.2) is 0 Å². The number of carbonyl (C=O) groups excluding carboxylic acids is 1. The van der Waals surface area contributed by atoms with Crippen molar-refractivity contribution in [2.24, 2.45) is 0 Å². The van der Waals surface area contributed by atoms with E-state index in [1.54, 1.807) is 7.11 Å². The topological polar surface area (TPSA) is 50.8 Å². The number of carbonyl (C=O) groups is 1. The lowest BCUT2D eigenvalue weighted by Gasteiger charge is -2.31. The molecule has 2 unspecified atom stereocenters. The van der Waals surface area contributed by atoms with E-state index < -0.39 is 0 Å². The molecule has 0 aromatic heterocycles. The number of ether oxygens (including phenoxy) is 2. The third-order valence-electron chi connectivity index (χ3n) is 4.18. The Morgan fingerprint density at radius 2 is 2.14 bits per heavy atom. The lowest BCUT2D eigenvalue weighted by Crippen LogP contribution is -2.39. The lowest BCUT2D eigenvalue weighted by molar-refractivity contribution is -0.130. The molecule has 1 aromatic carbocycles. The van der Waals surface area contributed by atoms with Crippen LogP contribution < -0.4 is 10.1 Å². The van der Waals surface area contributed by atoms with Crippen molar-refractivity contribution in [3.8, 4) is 5.75 Å². The van der Waals surface area contributed by atoms with Gasteiger partial charge >= 0.3 is 0 Å². The maximum Gasteiger partial charge on any atom is 0.238 e. The Bertz CT molecular complexity index is 483. The minimum atomic E-state index is -0.0612. The SMILES string of the molecule is COc1ccc(C2NCC(=O)N2CC2CCCCO2)cc1. The quantitative estimate of drug-likeness (QED) is 0.917. The molecule has 2 heterocycles. The minimum absolute atomic E-state index is 0.0612. The summed E-state index contributed by atoms with van der Waals surface area (Å²) in [5.41, 5.74) is 1.08. The number of hydrogen-bond acceptors (Lipinski definition) is 4. The van der Waals surface area contributed by atoms with E-state index in [0.717, 1.165) is 30.8 Å². The van der Waals surface area contributed by atoms with Crippen LogP contribution in [0.5, 0.6) is 5.75 Å². The van der Waals surface area contributed by atoms with Gasteiger partial charge in [0.1, 0.15) is 11.9 Å². The van der Waals surface area contributed by atoms with Crippen molar-refractivity contribution < 1.29 is 14.3 Å². The van der Waals surface area contributed by atoms with Crippen molar-refractivity contribution >= 4 is 5.91 Å². The summed E-state index contributed by atoms with van der Waals surface area (Å²) < 4.78 is 10.9. The second kappa shape index (κ2) is 6.45. The summed E-state index contributed by atoms with van der Waals surface area (Å²) >= 11 is 0. The fourth-order valence-corrected chi connectivity index (χ4v) is 3.00. The largest absolute Gasteiger partial charge is 0.497 e. The zero-order valence-corrected chi connectivity index (χ0v) is 12.4. The summed E-state index contributed by atoms with van der Waals surface area (Å²) in [7, 11) is 1.65. The molecule has 0 spiro atoms. The third-order valence-corrected chi connectivity index (χ3v) is 4.18. The van der Waals surface area contributed by atoms with E-state index in [-0.39, 0.29) is 18.2 Å². The van der Waals surface area contributed by atoms with E-state index in [9.17, 15) is 4.79 Å². The van der Waals surface area contributed by atoms with E-state index in [0.29, 0.717) is 13.1 Å². The van der Waals surface area contributed by atoms with Crippen molar-refractivity contribution in [1.82, 2.24) is 10.2 Å². The molecule has 114 valence electrons. The number of methoxy groups -OCH3 is 1. The van der Waals surface area contributed by atoms with Gasteiger partial charge in [-0.05, 0) is 37.0 Å². The van der Waals surface area contributed by atoms with Crippen molar-refractivity contribution in [3.05, 3.63) is 29.8 Å². The number of hydrogen-bond donors (Lipinski definition) is 1. The molecule has 1 amide bonds. The molecule has 1 N–H and O–H groups in total. The first-order chi connectivity index (χ1) is 10.3. The van der Waals surface area contributed by atoms with E-state index in [1.807, 2.05) is 29.2 Å². The van der Waals surface area contributed by atoms with Crippen LogP contribution in [0.3, 0.4) is 0 Å². The van der Waals surface area contributed by atoms with Crippen LogP contribution in [-0.2, 0) is 9.53 Å². The predicted molar refractivity (Wildman–Crippen MR) is 79.0 cm³/mol. The third kappa shape index (κ3) is 3.19. The van der Waals surface area contributed by atoms with Crippen molar-refractivity contribution in [3.63, 3.8) is 0 Å². The van der Waals surface area contributed by atoms with E-state index in [2.05, 4.69) is 5.32 Å². The smallest absolute Gasteiger partial charge is 0.238 e. The molecule has 2 atom stereocenters. The highest BCUT2D eigenvalue weighted by Crippen LogP contribution is 2.26. The molecule has 2 saturated heterocycles. The number of nitrogens with one attached hydrogen (secondary N) is 1. The molecule has 0 aliphatic carbocycles. The van der Waals surface area contributed by atoms with Crippen LogP contribution in [0.2, 0.25) is 0 Å². The summed E-state index contributed by atoms with van der Waals surface area (Å²) in [5.74, 6) is 0.968. The Morgan fingerprint density at radius 3 is 2.81 bits per heavy atom. The number of amides is 1. The first-order valence-corrected chi connectivity index (χ1v) is 7.56. The average molecular weight is 290 g/mol. The number of nitrogens with zero attached hydrogens (tertiary/aromatic N) is 1. The Hall–Kier alpha value is -1.59. The van der Waals surface area contributed by atoms with Gasteiger partial charge < -0.3 is 14.4 Å². The van der Waals surface area contributed by atoms with Crippen molar-refractivity contribution in [1.29, 1.82) is 0 Å². The molecule has 0 bridgehead atoms. The normalized spacial score (nSPS) is 26.1. The Balaban J connectivity index is 1.71. The Kier molecular flexibility index (Phi) is 4.41.